The summed E-state index contributed by atoms with van der Waals surface area (Å²) >= 11 is 0. The third-order valence-corrected chi connectivity index (χ3v) is 5.60. The first-order chi connectivity index (χ1) is 13.6. The highest BCUT2D eigenvalue weighted by molar-refractivity contribution is 5.59. The summed E-state index contributed by atoms with van der Waals surface area (Å²) in [6.07, 6.45) is 3.11. The number of hydrogen-bond donors (Lipinski definition) is 0. The molecule has 2 aliphatic heterocycles. The zero-order valence-corrected chi connectivity index (χ0v) is 16.9. The van der Waals surface area contributed by atoms with Crippen LogP contribution in [0, 0.1) is 6.92 Å². The summed E-state index contributed by atoms with van der Waals surface area (Å²) in [7, 11) is 1.66. The highest BCUT2D eigenvalue weighted by atomic mass is 16.5. The van der Waals surface area contributed by atoms with E-state index in [0.29, 0.717) is 25.7 Å². The molecule has 150 valence electrons. The van der Waals surface area contributed by atoms with Crippen LogP contribution in [0.1, 0.15) is 31.0 Å². The van der Waals surface area contributed by atoms with Gasteiger partial charge in [-0.15, -0.1) is 0 Å². The highest BCUT2D eigenvalue weighted by Crippen LogP contribution is 2.29. The molecule has 7 heteroatoms. The molecule has 0 aliphatic carbocycles. The first-order valence-corrected chi connectivity index (χ1v) is 9.96. The Hall–Kier alpha value is -2.38. The molecule has 1 aromatic carbocycles. The van der Waals surface area contributed by atoms with Gasteiger partial charge in [-0.2, -0.15) is 0 Å². The first-order valence-electron chi connectivity index (χ1n) is 9.96. The fourth-order valence-electron chi connectivity index (χ4n) is 4.09. The lowest BCUT2D eigenvalue weighted by Crippen LogP contribution is -2.49. The molecule has 2 aromatic rings. The topological polar surface area (TPSA) is 59.8 Å². The molecule has 0 amide bonds. The van der Waals surface area contributed by atoms with E-state index in [-0.39, 0.29) is 11.7 Å². The molecule has 0 bridgehead atoms. The lowest BCUT2D eigenvalue weighted by Gasteiger charge is -2.39. The minimum Gasteiger partial charge on any atom is -0.497 e. The second-order valence-corrected chi connectivity index (χ2v) is 7.46. The maximum atomic E-state index is 13.1. The van der Waals surface area contributed by atoms with Crippen molar-refractivity contribution in [3.63, 3.8) is 0 Å². The van der Waals surface area contributed by atoms with Gasteiger partial charge < -0.3 is 9.47 Å². The van der Waals surface area contributed by atoms with Crippen molar-refractivity contribution in [1.29, 1.82) is 0 Å². The van der Waals surface area contributed by atoms with Crippen LogP contribution in [0.2, 0.25) is 0 Å². The number of nitrogens with zero attached hydrogens (tertiary/aromatic N) is 4. The number of benzene rings is 1. The summed E-state index contributed by atoms with van der Waals surface area (Å²) in [6.45, 7) is 6.79. The Morgan fingerprint density at radius 2 is 2.04 bits per heavy atom. The molecule has 0 N–H and O–H groups in total. The molecule has 2 aliphatic rings. The van der Waals surface area contributed by atoms with Gasteiger partial charge in [-0.05, 0) is 50.5 Å². The van der Waals surface area contributed by atoms with Gasteiger partial charge in [0.25, 0.3) is 5.56 Å². The predicted octanol–water partition coefficient (Wildman–Crippen LogP) is 2.67. The molecule has 1 fully saturated rings. The number of methoxy groups -OCH3 is 1. The van der Waals surface area contributed by atoms with E-state index >= 15 is 0 Å². The van der Waals surface area contributed by atoms with E-state index in [1.807, 2.05) is 38.1 Å². The van der Waals surface area contributed by atoms with Gasteiger partial charge in [0.05, 0.1) is 26.6 Å². The zero-order chi connectivity index (χ0) is 19.7. The molecule has 1 aromatic heterocycles. The summed E-state index contributed by atoms with van der Waals surface area (Å²) in [4.78, 5) is 22.3. The molecule has 3 heterocycles. The van der Waals surface area contributed by atoms with E-state index in [4.69, 9.17) is 14.5 Å². The number of fused-ring (bicyclic) bond motifs is 1. The molecule has 0 saturated carbocycles. The molecular weight excluding hydrogens is 356 g/mol. The Labute approximate surface area is 165 Å². The van der Waals surface area contributed by atoms with Crippen molar-refractivity contribution in [3.8, 4) is 5.75 Å². The Morgan fingerprint density at radius 1 is 1.25 bits per heavy atom. The predicted molar refractivity (Wildman–Crippen MR) is 108 cm³/mol. The van der Waals surface area contributed by atoms with Crippen LogP contribution < -0.4 is 15.2 Å². The summed E-state index contributed by atoms with van der Waals surface area (Å²) in [6, 6.07) is 7.89. The summed E-state index contributed by atoms with van der Waals surface area (Å²) in [5.41, 5.74) is 2.64. The Bertz CT molecular complexity index is 888. The number of ether oxygens (including phenoxy) is 2. The minimum absolute atomic E-state index is 0.0561. The van der Waals surface area contributed by atoms with Crippen molar-refractivity contribution in [2.75, 3.05) is 31.8 Å². The van der Waals surface area contributed by atoms with Gasteiger partial charge in [0.15, 0.2) is 0 Å². The lowest BCUT2D eigenvalue weighted by atomic mass is 10.2. The van der Waals surface area contributed by atoms with Gasteiger partial charge in [-0.3, -0.25) is 19.2 Å². The van der Waals surface area contributed by atoms with E-state index in [1.54, 1.807) is 11.7 Å². The number of aromatic nitrogens is 2. The highest BCUT2D eigenvalue weighted by Gasteiger charge is 2.29. The number of rotatable bonds is 5. The maximum absolute atomic E-state index is 13.1. The summed E-state index contributed by atoms with van der Waals surface area (Å²) in [5, 5.41) is 0. The van der Waals surface area contributed by atoms with Crippen LogP contribution in [0.5, 0.6) is 5.75 Å². The van der Waals surface area contributed by atoms with Crippen LogP contribution in [0.4, 0.5) is 11.6 Å². The minimum atomic E-state index is 0.0561. The van der Waals surface area contributed by atoms with E-state index in [1.165, 1.54) is 0 Å². The SMILES string of the molecule is CCc1c(C)nc2n(c1=O)CN(CC1CCCO1)CN2c1ccc(OC)cc1. The molecule has 0 spiro atoms. The van der Waals surface area contributed by atoms with Crippen LogP contribution in [-0.4, -0.2) is 47.5 Å². The van der Waals surface area contributed by atoms with Crippen molar-refractivity contribution in [2.24, 2.45) is 0 Å². The van der Waals surface area contributed by atoms with E-state index in [9.17, 15) is 4.79 Å². The van der Waals surface area contributed by atoms with Gasteiger partial charge in [-0.25, -0.2) is 4.98 Å². The number of aryl methyl sites for hydroxylation is 1. The van der Waals surface area contributed by atoms with Crippen LogP contribution in [0.3, 0.4) is 0 Å². The molecule has 4 rings (SSSR count). The lowest BCUT2D eigenvalue weighted by molar-refractivity contribution is 0.0584. The first kappa shape index (κ1) is 19.0. The van der Waals surface area contributed by atoms with Crippen LogP contribution >= 0.6 is 0 Å². The number of anilines is 2. The van der Waals surface area contributed by atoms with Gasteiger partial charge in [-0.1, -0.05) is 6.92 Å². The van der Waals surface area contributed by atoms with Gasteiger partial charge in [0.2, 0.25) is 5.95 Å². The van der Waals surface area contributed by atoms with Crippen molar-refractivity contribution in [1.82, 2.24) is 14.5 Å². The second kappa shape index (κ2) is 7.93. The standard InChI is InChI=1S/C21H28N4O3/c1-4-19-15(2)22-21-24(16-7-9-17(27-3)10-8-16)13-23(14-25(21)20(19)26)12-18-6-5-11-28-18/h7-10,18H,4-6,11-14H2,1-3H3. The third kappa shape index (κ3) is 3.52. The average molecular weight is 384 g/mol. The third-order valence-electron chi connectivity index (χ3n) is 5.60. The van der Waals surface area contributed by atoms with Crippen molar-refractivity contribution in [2.45, 2.75) is 45.9 Å². The molecule has 28 heavy (non-hydrogen) atoms. The smallest absolute Gasteiger partial charge is 0.259 e. The van der Waals surface area contributed by atoms with E-state index in [0.717, 1.165) is 48.7 Å². The fourth-order valence-corrected chi connectivity index (χ4v) is 4.09. The zero-order valence-electron chi connectivity index (χ0n) is 16.9. The van der Waals surface area contributed by atoms with Crippen LogP contribution in [0.15, 0.2) is 29.1 Å². The summed E-state index contributed by atoms with van der Waals surface area (Å²) < 4.78 is 12.9. The fraction of sp³-hybridized carbons (Fsp3) is 0.524. The Kier molecular flexibility index (Phi) is 5.37. The molecule has 1 atom stereocenters. The molecular formula is C21H28N4O3. The Balaban J connectivity index is 1.74. The maximum Gasteiger partial charge on any atom is 0.259 e. The summed E-state index contributed by atoms with van der Waals surface area (Å²) in [5.74, 6) is 1.51. The van der Waals surface area contributed by atoms with Gasteiger partial charge in [0.1, 0.15) is 5.75 Å². The largest absolute Gasteiger partial charge is 0.497 e. The monoisotopic (exact) mass is 384 g/mol. The average Bonchev–Trinajstić information content (AvgIpc) is 3.21. The van der Waals surface area contributed by atoms with Crippen molar-refractivity contribution in [3.05, 3.63) is 45.9 Å². The van der Waals surface area contributed by atoms with Crippen LogP contribution in [-0.2, 0) is 17.8 Å². The van der Waals surface area contributed by atoms with Crippen molar-refractivity contribution >= 4 is 11.6 Å². The quantitative estimate of drug-likeness (QED) is 0.790. The molecule has 1 unspecified atom stereocenters. The van der Waals surface area contributed by atoms with E-state index in [2.05, 4.69) is 9.80 Å². The van der Waals surface area contributed by atoms with Crippen LogP contribution in [0.25, 0.3) is 0 Å². The second-order valence-electron chi connectivity index (χ2n) is 7.46. The normalized spacial score (nSPS) is 19.7. The van der Waals surface area contributed by atoms with E-state index < -0.39 is 0 Å². The van der Waals surface area contributed by atoms with Gasteiger partial charge >= 0.3 is 0 Å². The Morgan fingerprint density at radius 3 is 2.68 bits per heavy atom. The molecule has 0 radical (unpaired) electrons. The molecule has 1 saturated heterocycles. The van der Waals surface area contributed by atoms with Gasteiger partial charge in [0, 0.05) is 30.1 Å². The number of hydrogen-bond acceptors (Lipinski definition) is 6. The molecule has 7 nitrogen and oxygen atoms in total. The van der Waals surface area contributed by atoms with Crippen molar-refractivity contribution < 1.29 is 9.47 Å².